The highest BCUT2D eigenvalue weighted by atomic mass is 19.4. The number of rotatable bonds is 4. The van der Waals surface area contributed by atoms with Gasteiger partial charge in [-0.15, -0.1) is 5.10 Å². The molecule has 3 heterocycles. The van der Waals surface area contributed by atoms with Gasteiger partial charge in [0.25, 0.3) is 5.91 Å². The van der Waals surface area contributed by atoms with E-state index in [0.717, 1.165) is 16.8 Å². The molecule has 0 unspecified atom stereocenters. The van der Waals surface area contributed by atoms with Gasteiger partial charge in [0, 0.05) is 12.1 Å². The molecule has 1 radical (unpaired) electrons. The summed E-state index contributed by atoms with van der Waals surface area (Å²) in [6.45, 7) is 1.49. The van der Waals surface area contributed by atoms with Crippen LogP contribution in [0.4, 0.5) is 13.2 Å². The molecule has 1 saturated heterocycles. The molecule has 29 heavy (non-hydrogen) atoms. The minimum Gasteiger partial charge on any atom is -0.365 e. The van der Waals surface area contributed by atoms with Crippen LogP contribution in [0.5, 0.6) is 0 Å². The Morgan fingerprint density at radius 2 is 1.83 bits per heavy atom. The van der Waals surface area contributed by atoms with Crippen molar-refractivity contribution in [1.29, 1.82) is 0 Å². The Hall–Kier alpha value is -2.94. The fourth-order valence-electron chi connectivity index (χ4n) is 3.73. The third kappa shape index (κ3) is 3.95. The van der Waals surface area contributed by atoms with Gasteiger partial charge >= 0.3 is 6.18 Å². The molecular weight excluding hydrogens is 383 g/mol. The summed E-state index contributed by atoms with van der Waals surface area (Å²) in [5.74, 6) is -1.78. The number of carbonyl (C=O) groups is 1. The molecule has 1 amide bonds. The van der Waals surface area contributed by atoms with E-state index in [1.54, 1.807) is 12.1 Å². The zero-order valence-corrected chi connectivity index (χ0v) is 15.5. The second kappa shape index (κ2) is 7.47. The van der Waals surface area contributed by atoms with Crippen molar-refractivity contribution < 1.29 is 18.0 Å². The van der Waals surface area contributed by atoms with Gasteiger partial charge in [-0.2, -0.15) is 13.2 Å². The Balaban J connectivity index is 1.48. The van der Waals surface area contributed by atoms with Crippen LogP contribution >= 0.6 is 0 Å². The first-order chi connectivity index (χ1) is 13.8. The molecule has 2 aromatic heterocycles. The Morgan fingerprint density at radius 1 is 1.14 bits per heavy atom. The number of hydrogen-bond acceptors (Lipinski definition) is 4. The highest BCUT2D eigenvalue weighted by molar-refractivity contribution is 5.99. The largest absolute Gasteiger partial charge is 0.391 e. The van der Waals surface area contributed by atoms with Gasteiger partial charge in [0.15, 0.2) is 5.65 Å². The molecule has 9 heteroatoms. The number of primary amides is 1. The molecule has 0 aliphatic carbocycles. The van der Waals surface area contributed by atoms with E-state index in [2.05, 4.69) is 16.4 Å². The molecule has 3 aromatic rings. The summed E-state index contributed by atoms with van der Waals surface area (Å²) in [6.07, 6.45) is -1.31. The molecule has 1 fully saturated rings. The van der Waals surface area contributed by atoms with Crippen molar-refractivity contribution in [3.05, 3.63) is 53.9 Å². The van der Waals surface area contributed by atoms with Crippen LogP contribution in [0.25, 0.3) is 16.9 Å². The number of likely N-dealkylation sites (tertiary alicyclic amines) is 1. The summed E-state index contributed by atoms with van der Waals surface area (Å²) in [4.78, 5) is 17.6. The Kier molecular flexibility index (Phi) is 4.99. The van der Waals surface area contributed by atoms with Crippen LogP contribution in [0.15, 0.2) is 36.4 Å². The Morgan fingerprint density at radius 3 is 2.45 bits per heavy atom. The first kappa shape index (κ1) is 19.4. The average Bonchev–Trinajstić information content (AvgIpc) is 3.17. The van der Waals surface area contributed by atoms with Crippen molar-refractivity contribution in [1.82, 2.24) is 19.5 Å². The topological polar surface area (TPSA) is 76.5 Å². The number of piperidine rings is 1. The number of fused-ring (bicyclic) bond motifs is 1. The number of nitrogens with two attached hydrogens (primary N) is 1. The molecule has 0 atom stereocenters. The number of alkyl halides is 3. The summed E-state index contributed by atoms with van der Waals surface area (Å²) in [5, 5.41) is 4.05. The van der Waals surface area contributed by atoms with Gasteiger partial charge in [-0.3, -0.25) is 9.69 Å². The second-order valence-electron chi connectivity index (χ2n) is 7.23. The zero-order valence-electron chi connectivity index (χ0n) is 15.5. The number of nitrogens with zero attached hydrogens (tertiary/aromatic N) is 4. The zero-order chi connectivity index (χ0) is 20.6. The Bertz CT molecular complexity index is 1020. The predicted molar refractivity (Wildman–Crippen MR) is 99.8 cm³/mol. The molecule has 151 valence electrons. The second-order valence-corrected chi connectivity index (χ2v) is 7.23. The molecule has 1 aliphatic heterocycles. The molecule has 2 N–H and O–H groups in total. The third-order valence-electron chi connectivity index (χ3n) is 5.35. The fourth-order valence-corrected chi connectivity index (χ4v) is 3.73. The van der Waals surface area contributed by atoms with Crippen molar-refractivity contribution >= 4 is 11.6 Å². The van der Waals surface area contributed by atoms with Crippen molar-refractivity contribution in [3.8, 4) is 11.3 Å². The van der Waals surface area contributed by atoms with Crippen molar-refractivity contribution in [2.75, 3.05) is 13.1 Å². The van der Waals surface area contributed by atoms with Gasteiger partial charge in [-0.05, 0) is 43.6 Å². The minimum absolute atomic E-state index is 0.147. The molecule has 4 rings (SSSR count). The van der Waals surface area contributed by atoms with Crippen molar-refractivity contribution in [2.24, 2.45) is 11.7 Å². The van der Waals surface area contributed by atoms with E-state index >= 15 is 0 Å². The summed E-state index contributed by atoms with van der Waals surface area (Å²) < 4.78 is 39.9. The van der Waals surface area contributed by atoms with Crippen LogP contribution in [0, 0.1) is 12.2 Å². The molecule has 1 aromatic carbocycles. The number of amides is 1. The standard InChI is InChI=1S/C20H19F3N5O/c21-20(22,23)15-7-9-27(10-8-15)11-13-1-3-14(4-2-13)17-6-5-16(18(24)29)19-25-12-26-28(17)19/h1-6,15H,7-11H2,(H2,24,29). The maximum absolute atomic E-state index is 12.8. The predicted octanol–water partition coefficient (Wildman–Crippen LogP) is 3.07. The summed E-state index contributed by atoms with van der Waals surface area (Å²) in [5.41, 5.74) is 8.59. The summed E-state index contributed by atoms with van der Waals surface area (Å²) >= 11 is 0. The monoisotopic (exact) mass is 402 g/mol. The summed E-state index contributed by atoms with van der Waals surface area (Å²) in [7, 11) is 0. The van der Waals surface area contributed by atoms with Gasteiger partial charge in [-0.25, -0.2) is 9.50 Å². The van der Waals surface area contributed by atoms with Crippen molar-refractivity contribution in [3.63, 3.8) is 0 Å². The molecule has 0 spiro atoms. The van der Waals surface area contributed by atoms with Crippen LogP contribution < -0.4 is 5.73 Å². The van der Waals surface area contributed by atoms with Gasteiger partial charge in [0.1, 0.15) is 0 Å². The van der Waals surface area contributed by atoms with Crippen LogP contribution in [0.2, 0.25) is 0 Å². The van der Waals surface area contributed by atoms with E-state index < -0.39 is 18.0 Å². The maximum Gasteiger partial charge on any atom is 0.391 e. The number of halogens is 3. The summed E-state index contributed by atoms with van der Waals surface area (Å²) in [6, 6.07) is 11.1. The highest BCUT2D eigenvalue weighted by Crippen LogP contribution is 2.34. The van der Waals surface area contributed by atoms with E-state index in [0.29, 0.717) is 25.3 Å². The fraction of sp³-hybridized carbons (Fsp3) is 0.350. The number of aromatic nitrogens is 3. The normalized spacial score (nSPS) is 16.4. The highest BCUT2D eigenvalue weighted by Gasteiger charge is 2.40. The van der Waals surface area contributed by atoms with Crippen LogP contribution in [-0.4, -0.2) is 44.7 Å². The number of hydrogen-bond donors (Lipinski definition) is 1. The molecule has 0 bridgehead atoms. The van der Waals surface area contributed by atoms with E-state index in [1.807, 2.05) is 29.2 Å². The first-order valence-electron chi connectivity index (χ1n) is 9.27. The molecule has 1 aliphatic rings. The van der Waals surface area contributed by atoms with Gasteiger partial charge < -0.3 is 5.73 Å². The van der Waals surface area contributed by atoms with Gasteiger partial charge in [0.05, 0.1) is 17.2 Å². The molecule has 6 nitrogen and oxygen atoms in total. The molecular formula is C20H19F3N5O. The lowest BCUT2D eigenvalue weighted by molar-refractivity contribution is -0.185. The van der Waals surface area contributed by atoms with Crippen molar-refractivity contribution in [2.45, 2.75) is 25.6 Å². The molecule has 0 saturated carbocycles. The SMILES string of the molecule is NC(=O)c1ccc(-c2ccc(CN3CCC(C(F)(F)F)CC3)cc2)n2n[c]nc12. The average molecular weight is 402 g/mol. The first-order valence-corrected chi connectivity index (χ1v) is 9.27. The van der Waals surface area contributed by atoms with Crippen LogP contribution in [-0.2, 0) is 6.54 Å². The van der Waals surface area contributed by atoms with E-state index in [4.69, 9.17) is 5.73 Å². The lowest BCUT2D eigenvalue weighted by Gasteiger charge is -2.32. The maximum atomic E-state index is 12.8. The van der Waals surface area contributed by atoms with Gasteiger partial charge in [0.2, 0.25) is 6.33 Å². The lowest BCUT2D eigenvalue weighted by Crippen LogP contribution is -2.38. The van der Waals surface area contributed by atoms with E-state index in [-0.39, 0.29) is 18.4 Å². The number of pyridine rings is 1. The van der Waals surface area contributed by atoms with Crippen LogP contribution in [0.1, 0.15) is 28.8 Å². The van der Waals surface area contributed by atoms with E-state index in [9.17, 15) is 18.0 Å². The lowest BCUT2D eigenvalue weighted by atomic mass is 9.96. The number of benzene rings is 1. The third-order valence-corrected chi connectivity index (χ3v) is 5.35. The van der Waals surface area contributed by atoms with Crippen LogP contribution in [0.3, 0.4) is 0 Å². The smallest absolute Gasteiger partial charge is 0.365 e. The number of carbonyl (C=O) groups excluding carboxylic acids is 1. The quantitative estimate of drug-likeness (QED) is 0.728. The minimum atomic E-state index is -4.10. The Labute approximate surface area is 165 Å². The van der Waals surface area contributed by atoms with E-state index in [1.165, 1.54) is 4.52 Å². The van der Waals surface area contributed by atoms with Gasteiger partial charge in [-0.1, -0.05) is 24.3 Å².